The second-order valence-electron chi connectivity index (χ2n) is 3.81. The van der Waals surface area contributed by atoms with E-state index in [-0.39, 0.29) is 5.54 Å². The normalized spacial score (nSPS) is 18.5. The predicted octanol–water partition coefficient (Wildman–Crippen LogP) is 1.41. The van der Waals surface area contributed by atoms with E-state index < -0.39 is 0 Å². The van der Waals surface area contributed by atoms with Crippen molar-refractivity contribution in [3.63, 3.8) is 0 Å². The van der Waals surface area contributed by atoms with Crippen molar-refractivity contribution in [2.24, 2.45) is 5.73 Å². The molecule has 0 spiro atoms. The largest absolute Gasteiger partial charge is 0.325 e. The van der Waals surface area contributed by atoms with E-state index in [9.17, 15) is 0 Å². The maximum atomic E-state index is 6.00. The van der Waals surface area contributed by atoms with Crippen molar-refractivity contribution in [2.75, 3.05) is 0 Å². The van der Waals surface area contributed by atoms with E-state index in [4.69, 9.17) is 5.73 Å². The topological polar surface area (TPSA) is 43.8 Å². The van der Waals surface area contributed by atoms with Gasteiger partial charge in [0.15, 0.2) is 0 Å². The van der Waals surface area contributed by atoms with Gasteiger partial charge >= 0.3 is 0 Å². The SMILES string of the molecule is C=Cn1nccc1CCC1(N)CC1. The molecule has 0 radical (unpaired) electrons. The van der Waals surface area contributed by atoms with Crippen molar-refractivity contribution in [1.82, 2.24) is 9.78 Å². The van der Waals surface area contributed by atoms with Crippen LogP contribution < -0.4 is 5.73 Å². The van der Waals surface area contributed by atoms with E-state index in [2.05, 4.69) is 11.7 Å². The van der Waals surface area contributed by atoms with Crippen LogP contribution in [-0.4, -0.2) is 15.3 Å². The van der Waals surface area contributed by atoms with Crippen LogP contribution in [0, 0.1) is 0 Å². The van der Waals surface area contributed by atoms with Gasteiger partial charge in [-0.3, -0.25) is 0 Å². The average Bonchev–Trinajstić information content (AvgIpc) is 2.69. The number of nitrogens with zero attached hydrogens (tertiary/aromatic N) is 2. The molecule has 1 aromatic rings. The number of nitrogens with two attached hydrogens (primary N) is 1. The smallest absolute Gasteiger partial charge is 0.0496 e. The van der Waals surface area contributed by atoms with E-state index in [0.717, 1.165) is 12.8 Å². The van der Waals surface area contributed by atoms with Crippen LogP contribution in [0.2, 0.25) is 0 Å². The summed E-state index contributed by atoms with van der Waals surface area (Å²) >= 11 is 0. The molecule has 3 nitrogen and oxygen atoms in total. The standard InChI is InChI=1S/C10H15N3/c1-2-13-9(4-8-12-13)3-5-10(11)6-7-10/h2,4,8H,1,3,5-7,11H2. The van der Waals surface area contributed by atoms with Crippen LogP contribution in [-0.2, 0) is 6.42 Å². The third-order valence-electron chi connectivity index (χ3n) is 2.70. The summed E-state index contributed by atoms with van der Waals surface area (Å²) in [7, 11) is 0. The summed E-state index contributed by atoms with van der Waals surface area (Å²) in [5, 5.41) is 4.11. The number of aromatic nitrogens is 2. The van der Waals surface area contributed by atoms with Crippen molar-refractivity contribution in [3.05, 3.63) is 24.5 Å². The van der Waals surface area contributed by atoms with E-state index in [1.165, 1.54) is 18.5 Å². The van der Waals surface area contributed by atoms with E-state index in [1.807, 2.05) is 10.7 Å². The van der Waals surface area contributed by atoms with Gasteiger partial charge < -0.3 is 5.73 Å². The van der Waals surface area contributed by atoms with Gasteiger partial charge in [-0.2, -0.15) is 5.10 Å². The zero-order chi connectivity index (χ0) is 9.31. The molecule has 1 fully saturated rings. The summed E-state index contributed by atoms with van der Waals surface area (Å²) in [5.74, 6) is 0. The van der Waals surface area contributed by atoms with Gasteiger partial charge in [-0.1, -0.05) is 6.58 Å². The fraction of sp³-hybridized carbons (Fsp3) is 0.500. The third kappa shape index (κ3) is 1.80. The Hall–Kier alpha value is -1.09. The van der Waals surface area contributed by atoms with Crippen LogP contribution >= 0.6 is 0 Å². The third-order valence-corrected chi connectivity index (χ3v) is 2.70. The summed E-state index contributed by atoms with van der Waals surface area (Å²) in [4.78, 5) is 0. The molecule has 0 aliphatic heterocycles. The van der Waals surface area contributed by atoms with Gasteiger partial charge in [-0.05, 0) is 31.7 Å². The minimum atomic E-state index is 0.135. The first-order valence-corrected chi connectivity index (χ1v) is 4.67. The minimum absolute atomic E-state index is 0.135. The van der Waals surface area contributed by atoms with Crippen molar-refractivity contribution in [1.29, 1.82) is 0 Å². The van der Waals surface area contributed by atoms with E-state index in [0.29, 0.717) is 0 Å². The number of aryl methyl sites for hydroxylation is 1. The minimum Gasteiger partial charge on any atom is -0.325 e. The molecule has 70 valence electrons. The highest BCUT2D eigenvalue weighted by molar-refractivity contribution is 5.20. The number of hydrogen-bond donors (Lipinski definition) is 1. The van der Waals surface area contributed by atoms with Gasteiger partial charge in [0.1, 0.15) is 0 Å². The molecule has 2 rings (SSSR count). The Morgan fingerprint density at radius 2 is 2.46 bits per heavy atom. The van der Waals surface area contributed by atoms with Crippen LogP contribution in [0.1, 0.15) is 25.0 Å². The lowest BCUT2D eigenvalue weighted by molar-refractivity contribution is 0.597. The van der Waals surface area contributed by atoms with Crippen LogP contribution in [0.25, 0.3) is 6.20 Å². The first-order chi connectivity index (χ1) is 6.23. The second-order valence-corrected chi connectivity index (χ2v) is 3.81. The summed E-state index contributed by atoms with van der Waals surface area (Å²) < 4.78 is 1.81. The maximum Gasteiger partial charge on any atom is 0.0496 e. The van der Waals surface area contributed by atoms with Gasteiger partial charge in [0.2, 0.25) is 0 Å². The Bertz CT molecular complexity index is 310. The summed E-state index contributed by atoms with van der Waals surface area (Å²) in [5.41, 5.74) is 7.34. The molecule has 0 unspecified atom stereocenters. The first-order valence-electron chi connectivity index (χ1n) is 4.67. The zero-order valence-electron chi connectivity index (χ0n) is 7.74. The van der Waals surface area contributed by atoms with Crippen molar-refractivity contribution in [3.8, 4) is 0 Å². The average molecular weight is 177 g/mol. The Morgan fingerprint density at radius 1 is 1.69 bits per heavy atom. The van der Waals surface area contributed by atoms with Crippen LogP contribution in [0.4, 0.5) is 0 Å². The molecule has 1 aliphatic rings. The fourth-order valence-corrected chi connectivity index (χ4v) is 1.49. The molecule has 2 N–H and O–H groups in total. The maximum absolute atomic E-state index is 6.00. The summed E-state index contributed by atoms with van der Waals surface area (Å²) in [6.45, 7) is 3.69. The Morgan fingerprint density at radius 3 is 3.08 bits per heavy atom. The van der Waals surface area contributed by atoms with Crippen LogP contribution in [0.5, 0.6) is 0 Å². The molecule has 0 amide bonds. The molecule has 1 aromatic heterocycles. The molecule has 1 saturated carbocycles. The zero-order valence-corrected chi connectivity index (χ0v) is 7.74. The van der Waals surface area contributed by atoms with Gasteiger partial charge in [-0.25, -0.2) is 4.68 Å². The lowest BCUT2D eigenvalue weighted by atomic mass is 10.1. The van der Waals surface area contributed by atoms with Gasteiger partial charge in [0.05, 0.1) is 0 Å². The highest BCUT2D eigenvalue weighted by atomic mass is 15.3. The monoisotopic (exact) mass is 177 g/mol. The molecular weight excluding hydrogens is 162 g/mol. The van der Waals surface area contributed by atoms with E-state index in [1.54, 1.807) is 12.4 Å². The molecule has 0 bridgehead atoms. The fourth-order valence-electron chi connectivity index (χ4n) is 1.49. The summed E-state index contributed by atoms with van der Waals surface area (Å²) in [6, 6.07) is 2.02. The van der Waals surface area contributed by atoms with Gasteiger partial charge in [0, 0.05) is 23.6 Å². The molecule has 3 heteroatoms. The number of rotatable bonds is 4. The van der Waals surface area contributed by atoms with Crippen molar-refractivity contribution in [2.45, 2.75) is 31.2 Å². The summed E-state index contributed by atoms with van der Waals surface area (Å²) in [6.07, 6.45) is 7.94. The highest BCUT2D eigenvalue weighted by Crippen LogP contribution is 2.36. The van der Waals surface area contributed by atoms with Crippen molar-refractivity contribution >= 4 is 6.20 Å². The molecule has 1 aliphatic carbocycles. The lowest BCUT2D eigenvalue weighted by Gasteiger charge is -2.07. The second kappa shape index (κ2) is 3.00. The first kappa shape index (κ1) is 8.51. The quantitative estimate of drug-likeness (QED) is 0.755. The molecular formula is C10H15N3. The van der Waals surface area contributed by atoms with Gasteiger partial charge in [0.25, 0.3) is 0 Å². The van der Waals surface area contributed by atoms with E-state index >= 15 is 0 Å². The molecule has 0 aromatic carbocycles. The van der Waals surface area contributed by atoms with Crippen molar-refractivity contribution < 1.29 is 0 Å². The van der Waals surface area contributed by atoms with Crippen LogP contribution in [0.3, 0.4) is 0 Å². The van der Waals surface area contributed by atoms with Crippen LogP contribution in [0.15, 0.2) is 18.8 Å². The Balaban J connectivity index is 1.97. The molecule has 13 heavy (non-hydrogen) atoms. The van der Waals surface area contributed by atoms with Gasteiger partial charge in [-0.15, -0.1) is 0 Å². The predicted molar refractivity (Wildman–Crippen MR) is 53.1 cm³/mol. The molecule has 0 saturated heterocycles. The Labute approximate surface area is 78.2 Å². The molecule has 1 heterocycles. The molecule has 0 atom stereocenters. The number of hydrogen-bond acceptors (Lipinski definition) is 2. The Kier molecular flexibility index (Phi) is 1.96. The lowest BCUT2D eigenvalue weighted by Crippen LogP contribution is -2.22. The highest BCUT2D eigenvalue weighted by Gasteiger charge is 2.37.